The number of hydrogen-bond acceptors (Lipinski definition) is 4. The molecule has 1 amide bonds. The van der Waals surface area contributed by atoms with Gasteiger partial charge in [-0.15, -0.1) is 5.10 Å². The third-order valence-electron chi connectivity index (χ3n) is 2.67. The van der Waals surface area contributed by atoms with E-state index in [0.29, 0.717) is 18.7 Å². The summed E-state index contributed by atoms with van der Waals surface area (Å²) in [6, 6.07) is 7.68. The van der Waals surface area contributed by atoms with Crippen LogP contribution >= 0.6 is 0 Å². The van der Waals surface area contributed by atoms with Gasteiger partial charge in [-0.2, -0.15) is 9.90 Å². The summed E-state index contributed by atoms with van der Waals surface area (Å²) in [7, 11) is 3.33. The number of hydrogen-bond donors (Lipinski definition) is 1. The van der Waals surface area contributed by atoms with Crippen LogP contribution in [0.25, 0.3) is 0 Å². The lowest BCUT2D eigenvalue weighted by atomic mass is 10.1. The Morgan fingerprint density at radius 2 is 2.11 bits per heavy atom. The van der Waals surface area contributed by atoms with Crippen LogP contribution in [0.1, 0.15) is 12.0 Å². The molecule has 1 N–H and O–H groups in total. The SMILES string of the molecule is COc1ccc(CCC(=O)Nc2cnn(C)n2)cc1. The predicted molar refractivity (Wildman–Crippen MR) is 70.9 cm³/mol. The molecule has 100 valence electrons. The molecule has 0 saturated carbocycles. The van der Waals surface area contributed by atoms with Crippen molar-refractivity contribution in [2.45, 2.75) is 12.8 Å². The van der Waals surface area contributed by atoms with Gasteiger partial charge in [0, 0.05) is 13.5 Å². The molecular formula is C13H16N4O2. The van der Waals surface area contributed by atoms with Gasteiger partial charge in [0.05, 0.1) is 13.3 Å². The molecule has 19 heavy (non-hydrogen) atoms. The third kappa shape index (κ3) is 3.80. The summed E-state index contributed by atoms with van der Waals surface area (Å²) in [5, 5.41) is 10.6. The Morgan fingerprint density at radius 3 is 2.68 bits per heavy atom. The topological polar surface area (TPSA) is 69.0 Å². The summed E-state index contributed by atoms with van der Waals surface area (Å²) < 4.78 is 5.08. The second kappa shape index (κ2) is 5.99. The molecule has 0 fully saturated rings. The van der Waals surface area contributed by atoms with Crippen molar-refractivity contribution in [3.63, 3.8) is 0 Å². The Morgan fingerprint density at radius 1 is 1.37 bits per heavy atom. The molecule has 0 unspecified atom stereocenters. The largest absolute Gasteiger partial charge is 0.497 e. The molecule has 0 atom stereocenters. The van der Waals surface area contributed by atoms with Crippen LogP contribution in [-0.4, -0.2) is 28.0 Å². The summed E-state index contributed by atoms with van der Waals surface area (Å²) in [5.74, 6) is 1.21. The Hall–Kier alpha value is -2.37. The average molecular weight is 260 g/mol. The van der Waals surface area contributed by atoms with Crippen molar-refractivity contribution in [3.8, 4) is 5.75 Å². The highest BCUT2D eigenvalue weighted by atomic mass is 16.5. The Kier molecular flexibility index (Phi) is 4.12. The number of benzene rings is 1. The van der Waals surface area contributed by atoms with E-state index in [1.807, 2.05) is 24.3 Å². The van der Waals surface area contributed by atoms with Crippen molar-refractivity contribution < 1.29 is 9.53 Å². The number of amides is 1. The summed E-state index contributed by atoms with van der Waals surface area (Å²) in [5.41, 5.74) is 1.09. The minimum atomic E-state index is -0.0729. The zero-order valence-corrected chi connectivity index (χ0v) is 11.0. The molecular weight excluding hydrogens is 244 g/mol. The molecule has 0 aliphatic heterocycles. The number of nitrogens with one attached hydrogen (secondary N) is 1. The smallest absolute Gasteiger partial charge is 0.225 e. The van der Waals surface area contributed by atoms with E-state index < -0.39 is 0 Å². The van der Waals surface area contributed by atoms with E-state index in [1.165, 1.54) is 11.0 Å². The summed E-state index contributed by atoms with van der Waals surface area (Å²) in [6.07, 6.45) is 2.60. The first-order valence-corrected chi connectivity index (χ1v) is 5.96. The molecule has 0 radical (unpaired) electrons. The van der Waals surface area contributed by atoms with Crippen molar-refractivity contribution >= 4 is 11.7 Å². The van der Waals surface area contributed by atoms with E-state index in [-0.39, 0.29) is 5.91 Å². The Balaban J connectivity index is 1.82. The maximum absolute atomic E-state index is 11.7. The van der Waals surface area contributed by atoms with Gasteiger partial charge in [0.25, 0.3) is 0 Å². The van der Waals surface area contributed by atoms with Crippen molar-refractivity contribution in [1.82, 2.24) is 15.0 Å². The molecule has 0 bridgehead atoms. The number of aryl methyl sites for hydroxylation is 2. The van der Waals surface area contributed by atoms with Crippen molar-refractivity contribution in [2.75, 3.05) is 12.4 Å². The van der Waals surface area contributed by atoms with E-state index in [0.717, 1.165) is 11.3 Å². The molecule has 0 aliphatic rings. The lowest BCUT2D eigenvalue weighted by Crippen LogP contribution is -2.12. The lowest BCUT2D eigenvalue weighted by molar-refractivity contribution is -0.116. The van der Waals surface area contributed by atoms with E-state index in [1.54, 1.807) is 14.2 Å². The van der Waals surface area contributed by atoms with Crippen LogP contribution in [0.15, 0.2) is 30.5 Å². The van der Waals surface area contributed by atoms with Crippen LogP contribution in [0.4, 0.5) is 5.82 Å². The van der Waals surface area contributed by atoms with Crippen molar-refractivity contribution in [3.05, 3.63) is 36.0 Å². The minimum absolute atomic E-state index is 0.0729. The van der Waals surface area contributed by atoms with E-state index in [2.05, 4.69) is 15.5 Å². The molecule has 2 rings (SSSR count). The molecule has 0 aliphatic carbocycles. The highest BCUT2D eigenvalue weighted by molar-refractivity contribution is 5.89. The molecule has 1 aromatic heterocycles. The van der Waals surface area contributed by atoms with Gasteiger partial charge < -0.3 is 10.1 Å². The molecule has 6 heteroatoms. The molecule has 1 aromatic carbocycles. The van der Waals surface area contributed by atoms with Crippen molar-refractivity contribution in [1.29, 1.82) is 0 Å². The fourth-order valence-electron chi connectivity index (χ4n) is 1.66. The standard InChI is InChI=1S/C13H16N4O2/c1-17-14-9-12(16-17)15-13(18)8-5-10-3-6-11(19-2)7-4-10/h3-4,6-7,9H,5,8H2,1-2H3,(H,15,16,18). The van der Waals surface area contributed by atoms with Gasteiger partial charge in [0.2, 0.25) is 5.91 Å². The molecule has 2 aromatic rings. The number of anilines is 1. The maximum atomic E-state index is 11.7. The number of rotatable bonds is 5. The van der Waals surface area contributed by atoms with Gasteiger partial charge in [0.15, 0.2) is 5.82 Å². The van der Waals surface area contributed by atoms with Crippen LogP contribution in [0.3, 0.4) is 0 Å². The van der Waals surface area contributed by atoms with Gasteiger partial charge in [-0.1, -0.05) is 12.1 Å². The van der Waals surface area contributed by atoms with Gasteiger partial charge in [-0.25, -0.2) is 0 Å². The second-order valence-corrected chi connectivity index (χ2v) is 4.12. The number of nitrogens with zero attached hydrogens (tertiary/aromatic N) is 3. The van der Waals surface area contributed by atoms with Gasteiger partial charge in [-0.05, 0) is 24.1 Å². The van der Waals surface area contributed by atoms with Crippen LogP contribution in [-0.2, 0) is 18.3 Å². The van der Waals surface area contributed by atoms with E-state index >= 15 is 0 Å². The normalized spacial score (nSPS) is 10.2. The molecule has 0 saturated heterocycles. The van der Waals surface area contributed by atoms with Crippen LogP contribution < -0.4 is 10.1 Å². The lowest BCUT2D eigenvalue weighted by Gasteiger charge is -2.03. The molecule has 6 nitrogen and oxygen atoms in total. The van der Waals surface area contributed by atoms with E-state index in [9.17, 15) is 4.79 Å². The number of methoxy groups -OCH3 is 1. The number of carbonyl (C=O) groups excluding carboxylic acids is 1. The second-order valence-electron chi connectivity index (χ2n) is 4.12. The summed E-state index contributed by atoms with van der Waals surface area (Å²) in [4.78, 5) is 13.1. The highest BCUT2D eigenvalue weighted by Crippen LogP contribution is 2.12. The monoisotopic (exact) mass is 260 g/mol. The highest BCUT2D eigenvalue weighted by Gasteiger charge is 2.05. The minimum Gasteiger partial charge on any atom is -0.497 e. The predicted octanol–water partition coefficient (Wildman–Crippen LogP) is 1.39. The van der Waals surface area contributed by atoms with Gasteiger partial charge in [0.1, 0.15) is 5.75 Å². The molecule has 0 spiro atoms. The Labute approximate surface area is 111 Å². The van der Waals surface area contributed by atoms with Gasteiger partial charge in [-0.3, -0.25) is 4.79 Å². The zero-order chi connectivity index (χ0) is 13.7. The van der Waals surface area contributed by atoms with E-state index in [4.69, 9.17) is 4.74 Å². The fourth-order valence-corrected chi connectivity index (χ4v) is 1.66. The van der Waals surface area contributed by atoms with Crippen molar-refractivity contribution in [2.24, 2.45) is 7.05 Å². The summed E-state index contributed by atoms with van der Waals surface area (Å²) >= 11 is 0. The number of ether oxygens (including phenoxy) is 1. The van der Waals surface area contributed by atoms with Crippen LogP contribution in [0.2, 0.25) is 0 Å². The van der Waals surface area contributed by atoms with Crippen LogP contribution in [0, 0.1) is 0 Å². The van der Waals surface area contributed by atoms with Crippen LogP contribution in [0.5, 0.6) is 5.75 Å². The first-order chi connectivity index (χ1) is 9.17. The quantitative estimate of drug-likeness (QED) is 0.882. The molecule has 1 heterocycles. The average Bonchev–Trinajstić information content (AvgIpc) is 2.82. The van der Waals surface area contributed by atoms with Gasteiger partial charge >= 0.3 is 0 Å². The number of aromatic nitrogens is 3. The maximum Gasteiger partial charge on any atom is 0.225 e. The summed E-state index contributed by atoms with van der Waals surface area (Å²) in [6.45, 7) is 0. The third-order valence-corrected chi connectivity index (χ3v) is 2.67. The number of carbonyl (C=O) groups is 1. The first-order valence-electron chi connectivity index (χ1n) is 5.96. The zero-order valence-electron chi connectivity index (χ0n) is 11.0. The first kappa shape index (κ1) is 13.1. The fraction of sp³-hybridized carbons (Fsp3) is 0.308. The Bertz CT molecular complexity index is 548.